The van der Waals surface area contributed by atoms with E-state index in [4.69, 9.17) is 9.47 Å². The Morgan fingerprint density at radius 3 is 2.35 bits per heavy atom. The van der Waals surface area contributed by atoms with Crippen molar-refractivity contribution in [2.45, 2.75) is 20.8 Å². The fourth-order valence-corrected chi connectivity index (χ4v) is 3.93. The predicted molar refractivity (Wildman–Crippen MR) is 126 cm³/mol. The van der Waals surface area contributed by atoms with Gasteiger partial charge in [-0.25, -0.2) is 4.79 Å². The molecule has 1 amide bonds. The van der Waals surface area contributed by atoms with Crippen LogP contribution in [0.15, 0.2) is 60.0 Å². The van der Waals surface area contributed by atoms with E-state index >= 15 is 0 Å². The van der Waals surface area contributed by atoms with Gasteiger partial charge in [0.2, 0.25) is 5.91 Å². The number of thiophene rings is 1. The lowest BCUT2D eigenvalue weighted by Gasteiger charge is -2.08. The van der Waals surface area contributed by atoms with Gasteiger partial charge < -0.3 is 14.8 Å². The van der Waals surface area contributed by atoms with E-state index in [1.165, 1.54) is 17.4 Å². The third-order valence-corrected chi connectivity index (χ3v) is 5.38. The quantitative estimate of drug-likeness (QED) is 0.351. The average Bonchev–Trinajstić information content (AvgIpc) is 3.17. The molecule has 3 rings (SSSR count). The van der Waals surface area contributed by atoms with E-state index < -0.39 is 5.97 Å². The molecule has 1 N–H and O–H groups in total. The van der Waals surface area contributed by atoms with E-state index in [-0.39, 0.29) is 12.5 Å². The second-order valence-electron chi connectivity index (χ2n) is 6.76. The molecule has 0 unspecified atom stereocenters. The first-order chi connectivity index (χ1) is 15.0. The minimum Gasteiger partial charge on any atom is -0.494 e. The lowest BCUT2D eigenvalue weighted by Crippen LogP contribution is -2.12. The smallest absolute Gasteiger partial charge is 0.341 e. The molecule has 0 saturated carbocycles. The zero-order valence-corrected chi connectivity index (χ0v) is 18.6. The maximum atomic E-state index is 12.6. The van der Waals surface area contributed by atoms with Gasteiger partial charge in [-0.1, -0.05) is 42.0 Å². The summed E-state index contributed by atoms with van der Waals surface area (Å²) in [6.07, 6.45) is 3.15. The Balaban J connectivity index is 1.80. The topological polar surface area (TPSA) is 64.6 Å². The van der Waals surface area contributed by atoms with Crippen molar-refractivity contribution in [1.29, 1.82) is 0 Å². The lowest BCUT2D eigenvalue weighted by atomic mass is 10.0. The molecule has 0 aliphatic heterocycles. The van der Waals surface area contributed by atoms with Gasteiger partial charge in [0, 0.05) is 17.0 Å². The zero-order valence-electron chi connectivity index (χ0n) is 17.8. The maximum Gasteiger partial charge on any atom is 0.341 e. The van der Waals surface area contributed by atoms with E-state index in [9.17, 15) is 9.59 Å². The van der Waals surface area contributed by atoms with Crippen molar-refractivity contribution >= 4 is 34.3 Å². The third kappa shape index (κ3) is 5.83. The van der Waals surface area contributed by atoms with Crippen molar-refractivity contribution in [1.82, 2.24) is 0 Å². The highest BCUT2D eigenvalue weighted by molar-refractivity contribution is 7.15. The predicted octanol–water partition coefficient (Wildman–Crippen LogP) is 5.95. The van der Waals surface area contributed by atoms with Gasteiger partial charge in [0.05, 0.1) is 13.2 Å². The second kappa shape index (κ2) is 10.6. The number of carbonyl (C=O) groups excluding carboxylic acids is 2. The summed E-state index contributed by atoms with van der Waals surface area (Å²) in [7, 11) is 0. The van der Waals surface area contributed by atoms with Crippen molar-refractivity contribution in [2.75, 3.05) is 18.5 Å². The van der Waals surface area contributed by atoms with Crippen LogP contribution < -0.4 is 10.1 Å². The number of benzene rings is 2. The maximum absolute atomic E-state index is 12.6. The highest BCUT2D eigenvalue weighted by atomic mass is 32.1. The first-order valence-corrected chi connectivity index (χ1v) is 11.0. The van der Waals surface area contributed by atoms with Crippen LogP contribution in [0.4, 0.5) is 5.00 Å². The Morgan fingerprint density at radius 1 is 1.00 bits per heavy atom. The van der Waals surface area contributed by atoms with Gasteiger partial charge in [-0.3, -0.25) is 4.79 Å². The molecular weight excluding hydrogens is 410 g/mol. The first-order valence-electron chi connectivity index (χ1n) is 10.1. The summed E-state index contributed by atoms with van der Waals surface area (Å²) >= 11 is 1.30. The molecule has 3 aromatic rings. The summed E-state index contributed by atoms with van der Waals surface area (Å²) in [5.74, 6) is 0.00672. The number of aryl methyl sites for hydroxylation is 1. The minimum atomic E-state index is -0.454. The molecule has 5 nitrogen and oxygen atoms in total. The second-order valence-corrected chi connectivity index (χ2v) is 7.64. The number of carbonyl (C=O) groups is 2. The van der Waals surface area contributed by atoms with Gasteiger partial charge in [-0.05, 0) is 50.1 Å². The summed E-state index contributed by atoms with van der Waals surface area (Å²) in [5, 5.41) is 5.15. The van der Waals surface area contributed by atoms with Crippen LogP contribution in [0.25, 0.3) is 17.2 Å². The molecule has 0 aliphatic carbocycles. The van der Waals surface area contributed by atoms with E-state index in [1.54, 1.807) is 13.0 Å². The Morgan fingerprint density at radius 2 is 1.71 bits per heavy atom. The number of rotatable bonds is 8. The molecule has 1 heterocycles. The van der Waals surface area contributed by atoms with E-state index in [0.717, 1.165) is 28.0 Å². The number of nitrogens with one attached hydrogen (secondary N) is 1. The molecule has 2 aromatic carbocycles. The van der Waals surface area contributed by atoms with Crippen molar-refractivity contribution in [3.05, 3.63) is 76.7 Å². The van der Waals surface area contributed by atoms with Crippen LogP contribution in [0.5, 0.6) is 5.75 Å². The van der Waals surface area contributed by atoms with Crippen molar-refractivity contribution in [3.63, 3.8) is 0 Å². The highest BCUT2D eigenvalue weighted by Gasteiger charge is 2.22. The molecule has 0 fully saturated rings. The van der Waals surface area contributed by atoms with Crippen LogP contribution in [0.3, 0.4) is 0 Å². The molecule has 0 radical (unpaired) electrons. The first kappa shape index (κ1) is 22.3. The van der Waals surface area contributed by atoms with Gasteiger partial charge in [0.1, 0.15) is 16.3 Å². The van der Waals surface area contributed by atoms with Gasteiger partial charge in [-0.15, -0.1) is 11.3 Å². The molecule has 1 aromatic heterocycles. The van der Waals surface area contributed by atoms with E-state index in [2.05, 4.69) is 5.32 Å². The van der Waals surface area contributed by atoms with Crippen molar-refractivity contribution < 1.29 is 19.1 Å². The molecule has 0 bridgehead atoms. The average molecular weight is 436 g/mol. The summed E-state index contributed by atoms with van der Waals surface area (Å²) in [5.41, 5.74) is 4.02. The highest BCUT2D eigenvalue weighted by Crippen LogP contribution is 2.36. The van der Waals surface area contributed by atoms with E-state index in [0.29, 0.717) is 17.2 Å². The normalized spacial score (nSPS) is 10.8. The third-order valence-electron chi connectivity index (χ3n) is 4.49. The van der Waals surface area contributed by atoms with Gasteiger partial charge in [0.25, 0.3) is 0 Å². The van der Waals surface area contributed by atoms with Crippen LogP contribution in [0.2, 0.25) is 0 Å². The molecular formula is C25H25NO4S. The van der Waals surface area contributed by atoms with Crippen LogP contribution in [0.1, 0.15) is 35.3 Å². The largest absolute Gasteiger partial charge is 0.494 e. The monoisotopic (exact) mass is 435 g/mol. The zero-order chi connectivity index (χ0) is 22.2. The van der Waals surface area contributed by atoms with E-state index in [1.807, 2.05) is 67.8 Å². The number of hydrogen-bond acceptors (Lipinski definition) is 5. The molecule has 160 valence electrons. The van der Waals surface area contributed by atoms with Crippen molar-refractivity contribution in [3.8, 4) is 16.9 Å². The summed E-state index contributed by atoms with van der Waals surface area (Å²) in [6.45, 7) is 6.55. The lowest BCUT2D eigenvalue weighted by molar-refractivity contribution is -0.111. The van der Waals surface area contributed by atoms with Crippen LogP contribution in [-0.2, 0) is 9.53 Å². The Hall–Kier alpha value is -3.38. The Kier molecular flexibility index (Phi) is 7.62. The number of anilines is 1. The summed E-state index contributed by atoms with van der Waals surface area (Å²) in [6, 6.07) is 15.3. The van der Waals surface area contributed by atoms with Gasteiger partial charge in [-0.2, -0.15) is 0 Å². The fraction of sp³-hybridized carbons (Fsp3) is 0.200. The number of amides is 1. The summed E-state index contributed by atoms with van der Waals surface area (Å²) in [4.78, 5) is 25.1. The van der Waals surface area contributed by atoms with Crippen LogP contribution >= 0.6 is 11.3 Å². The summed E-state index contributed by atoms with van der Waals surface area (Å²) < 4.78 is 10.7. The Labute approximate surface area is 186 Å². The molecule has 0 aliphatic rings. The van der Waals surface area contributed by atoms with Gasteiger partial charge in [0.15, 0.2) is 0 Å². The molecule has 0 saturated heterocycles. The SMILES string of the molecule is CCOC(=O)c1c(-c2ccc(C)cc2)csc1NC(=O)/C=C/c1ccc(OCC)cc1. The fourth-order valence-electron chi connectivity index (χ4n) is 2.97. The molecule has 0 atom stereocenters. The van der Waals surface area contributed by atoms with Crippen molar-refractivity contribution in [2.24, 2.45) is 0 Å². The number of ether oxygens (including phenoxy) is 2. The molecule has 0 spiro atoms. The standard InChI is InChI=1S/C25H25NO4S/c1-4-29-20-13-8-18(9-14-20)10-15-22(27)26-24-23(25(28)30-5-2)21(16-31-24)19-11-6-17(3)7-12-19/h6-16H,4-5H2,1-3H3,(H,26,27)/b15-10+. The van der Waals surface area contributed by atoms with Crippen LogP contribution in [-0.4, -0.2) is 25.1 Å². The Bertz CT molecular complexity index is 1070. The number of esters is 1. The number of hydrogen-bond donors (Lipinski definition) is 1. The molecule has 31 heavy (non-hydrogen) atoms. The van der Waals surface area contributed by atoms with Crippen LogP contribution in [0, 0.1) is 6.92 Å². The minimum absolute atomic E-state index is 0.257. The molecule has 6 heteroatoms. The van der Waals surface area contributed by atoms with Gasteiger partial charge >= 0.3 is 5.97 Å².